The van der Waals surface area contributed by atoms with Crippen molar-refractivity contribution in [1.29, 1.82) is 0 Å². The van der Waals surface area contributed by atoms with Gasteiger partial charge in [0, 0.05) is 6.42 Å². The molecule has 7 nitrogen and oxygen atoms in total. The molecule has 0 radical (unpaired) electrons. The van der Waals surface area contributed by atoms with Gasteiger partial charge in [-0.1, -0.05) is 11.6 Å². The van der Waals surface area contributed by atoms with Crippen LogP contribution in [0, 0.1) is 0 Å². The van der Waals surface area contributed by atoms with Crippen LogP contribution in [0.5, 0.6) is 0 Å². The normalized spacial score (nSPS) is 11.0. The first-order valence-electron chi connectivity index (χ1n) is 5.85. The molecule has 0 heterocycles. The molecule has 0 aromatic heterocycles. The van der Waals surface area contributed by atoms with Crippen LogP contribution in [-0.4, -0.2) is 38.3 Å². The third-order valence-electron chi connectivity index (χ3n) is 2.50. The van der Waals surface area contributed by atoms with Crippen LogP contribution < -0.4 is 4.72 Å². The second-order valence-corrected chi connectivity index (χ2v) is 6.35. The van der Waals surface area contributed by atoms with Gasteiger partial charge in [0.1, 0.15) is 0 Å². The van der Waals surface area contributed by atoms with E-state index >= 15 is 0 Å². The summed E-state index contributed by atoms with van der Waals surface area (Å²) in [6.45, 7) is 0. The molecule has 1 aromatic carbocycles. The molecule has 0 saturated heterocycles. The van der Waals surface area contributed by atoms with E-state index in [4.69, 9.17) is 16.7 Å². The molecule has 0 amide bonds. The van der Waals surface area contributed by atoms with Crippen LogP contribution in [0.2, 0.25) is 5.02 Å². The van der Waals surface area contributed by atoms with E-state index in [-0.39, 0.29) is 34.9 Å². The number of carboxylic acids is 1. The number of esters is 1. The Morgan fingerprint density at radius 3 is 2.62 bits per heavy atom. The molecule has 0 spiro atoms. The summed E-state index contributed by atoms with van der Waals surface area (Å²) in [7, 11) is -2.52. The lowest BCUT2D eigenvalue weighted by Crippen LogP contribution is -2.18. The van der Waals surface area contributed by atoms with E-state index in [2.05, 4.69) is 9.46 Å². The van der Waals surface area contributed by atoms with Crippen LogP contribution >= 0.6 is 11.6 Å². The summed E-state index contributed by atoms with van der Waals surface area (Å²) in [5.41, 5.74) is -0.110. The topological polar surface area (TPSA) is 110 Å². The number of ether oxygens (including phenoxy) is 1. The van der Waals surface area contributed by atoms with Crippen molar-refractivity contribution < 1.29 is 27.9 Å². The van der Waals surface area contributed by atoms with E-state index in [1.165, 1.54) is 19.2 Å². The molecule has 1 aromatic rings. The summed E-state index contributed by atoms with van der Waals surface area (Å²) in [6.07, 6.45) is 0.0541. The number of hydrogen-bond donors (Lipinski definition) is 2. The van der Waals surface area contributed by atoms with Crippen molar-refractivity contribution in [3.8, 4) is 0 Å². The molecule has 0 fully saturated rings. The van der Waals surface area contributed by atoms with Gasteiger partial charge in [0.2, 0.25) is 10.0 Å². The van der Waals surface area contributed by atoms with Crippen LogP contribution in [0.3, 0.4) is 0 Å². The minimum atomic E-state index is -3.74. The van der Waals surface area contributed by atoms with Crippen molar-refractivity contribution in [3.05, 3.63) is 28.8 Å². The Labute approximate surface area is 126 Å². The van der Waals surface area contributed by atoms with Crippen molar-refractivity contribution in [2.75, 3.05) is 17.6 Å². The van der Waals surface area contributed by atoms with Crippen LogP contribution in [0.15, 0.2) is 18.2 Å². The second kappa shape index (κ2) is 7.28. The molecule has 0 aliphatic rings. The number of halogens is 1. The number of sulfonamides is 1. The molecule has 0 bridgehead atoms. The summed E-state index contributed by atoms with van der Waals surface area (Å²) in [4.78, 5) is 21.7. The lowest BCUT2D eigenvalue weighted by atomic mass is 10.2. The van der Waals surface area contributed by atoms with Crippen molar-refractivity contribution in [3.63, 3.8) is 0 Å². The molecule has 9 heteroatoms. The summed E-state index contributed by atoms with van der Waals surface area (Å²) in [5, 5.41) is 8.94. The van der Waals surface area contributed by atoms with Gasteiger partial charge in [-0.2, -0.15) is 0 Å². The van der Waals surface area contributed by atoms with Gasteiger partial charge < -0.3 is 9.84 Å². The zero-order valence-electron chi connectivity index (χ0n) is 11.1. The molecular formula is C12H14ClNO6S. The minimum Gasteiger partial charge on any atom is -0.478 e. The number of nitrogens with one attached hydrogen (secondary N) is 1. The van der Waals surface area contributed by atoms with Crippen molar-refractivity contribution >= 4 is 39.3 Å². The molecule has 0 atom stereocenters. The molecule has 116 valence electrons. The summed E-state index contributed by atoms with van der Waals surface area (Å²) >= 11 is 5.82. The van der Waals surface area contributed by atoms with Gasteiger partial charge >= 0.3 is 11.9 Å². The quantitative estimate of drug-likeness (QED) is 0.734. The van der Waals surface area contributed by atoms with E-state index in [9.17, 15) is 18.0 Å². The number of rotatable bonds is 7. The predicted octanol–water partition coefficient (Wildman–Crippen LogP) is 1.73. The van der Waals surface area contributed by atoms with Gasteiger partial charge in [0.15, 0.2) is 0 Å². The average molecular weight is 336 g/mol. The van der Waals surface area contributed by atoms with Crippen molar-refractivity contribution in [2.45, 2.75) is 12.8 Å². The highest BCUT2D eigenvalue weighted by molar-refractivity contribution is 7.92. The highest BCUT2D eigenvalue weighted by atomic mass is 35.5. The molecule has 0 aliphatic carbocycles. The molecule has 21 heavy (non-hydrogen) atoms. The third kappa shape index (κ3) is 5.60. The highest BCUT2D eigenvalue weighted by Gasteiger charge is 2.15. The standard InChI is InChI=1S/C12H14ClNO6S/c1-20-11(15)3-2-6-21(18,19)14-10-7-8(12(16)17)4-5-9(10)13/h4-5,7,14H,2-3,6H2,1H3,(H,16,17). The van der Waals surface area contributed by atoms with E-state index in [1.807, 2.05) is 0 Å². The fourth-order valence-electron chi connectivity index (χ4n) is 1.46. The number of hydrogen-bond acceptors (Lipinski definition) is 5. The van der Waals surface area contributed by atoms with Gasteiger partial charge in [0.25, 0.3) is 0 Å². The largest absolute Gasteiger partial charge is 0.478 e. The fraction of sp³-hybridized carbons (Fsp3) is 0.333. The van der Waals surface area contributed by atoms with Crippen molar-refractivity contribution in [2.24, 2.45) is 0 Å². The minimum absolute atomic E-state index is 0.0189. The number of methoxy groups -OCH3 is 1. The molecule has 0 aliphatic heterocycles. The van der Waals surface area contributed by atoms with Gasteiger partial charge in [0.05, 0.1) is 29.1 Å². The van der Waals surface area contributed by atoms with Crippen LogP contribution in [0.1, 0.15) is 23.2 Å². The molecular weight excluding hydrogens is 322 g/mol. The zero-order valence-corrected chi connectivity index (χ0v) is 12.7. The van der Waals surface area contributed by atoms with E-state index < -0.39 is 22.0 Å². The van der Waals surface area contributed by atoms with E-state index in [1.54, 1.807) is 0 Å². The summed E-state index contributed by atoms with van der Waals surface area (Å²) in [5.74, 6) is -2.01. The number of carbonyl (C=O) groups is 2. The fourth-order valence-corrected chi connectivity index (χ4v) is 2.81. The van der Waals surface area contributed by atoms with Crippen LogP contribution in [-0.2, 0) is 19.6 Å². The SMILES string of the molecule is COC(=O)CCCS(=O)(=O)Nc1cc(C(=O)O)ccc1Cl. The third-order valence-corrected chi connectivity index (χ3v) is 4.19. The molecule has 2 N–H and O–H groups in total. The highest BCUT2D eigenvalue weighted by Crippen LogP contribution is 2.24. The number of carbonyl (C=O) groups excluding carboxylic acids is 1. The number of carboxylic acid groups (broad SMARTS) is 1. The maximum atomic E-state index is 11.8. The monoisotopic (exact) mass is 335 g/mol. The van der Waals surface area contributed by atoms with E-state index in [0.717, 1.165) is 6.07 Å². The predicted molar refractivity (Wildman–Crippen MR) is 77.1 cm³/mol. The van der Waals surface area contributed by atoms with Crippen molar-refractivity contribution in [1.82, 2.24) is 0 Å². The Hall–Kier alpha value is -1.80. The number of anilines is 1. The first-order chi connectivity index (χ1) is 9.75. The Balaban J connectivity index is 2.77. The molecule has 0 saturated carbocycles. The Bertz CT molecular complexity index is 643. The van der Waals surface area contributed by atoms with E-state index in [0.29, 0.717) is 0 Å². The number of benzene rings is 1. The van der Waals surface area contributed by atoms with Gasteiger partial charge in [-0.15, -0.1) is 0 Å². The lowest BCUT2D eigenvalue weighted by Gasteiger charge is -2.10. The first-order valence-corrected chi connectivity index (χ1v) is 7.88. The maximum Gasteiger partial charge on any atom is 0.335 e. The molecule has 1 rings (SSSR count). The van der Waals surface area contributed by atoms with Crippen LogP contribution in [0.4, 0.5) is 5.69 Å². The van der Waals surface area contributed by atoms with Gasteiger partial charge in [-0.3, -0.25) is 9.52 Å². The van der Waals surface area contributed by atoms with Gasteiger partial charge in [-0.05, 0) is 24.6 Å². The van der Waals surface area contributed by atoms with Crippen LogP contribution in [0.25, 0.3) is 0 Å². The Kier molecular flexibility index (Phi) is 5.98. The second-order valence-electron chi connectivity index (χ2n) is 4.10. The maximum absolute atomic E-state index is 11.8. The Morgan fingerprint density at radius 2 is 2.05 bits per heavy atom. The summed E-state index contributed by atoms with van der Waals surface area (Å²) < 4.78 is 30.3. The first kappa shape index (κ1) is 17.3. The van der Waals surface area contributed by atoms with Gasteiger partial charge in [-0.25, -0.2) is 13.2 Å². The lowest BCUT2D eigenvalue weighted by molar-refractivity contribution is -0.140. The summed E-state index contributed by atoms with van der Waals surface area (Å²) in [6, 6.07) is 3.68. The average Bonchev–Trinajstić information content (AvgIpc) is 2.40. The smallest absolute Gasteiger partial charge is 0.335 e. The molecule has 0 unspecified atom stereocenters. The zero-order chi connectivity index (χ0) is 16.0. The Morgan fingerprint density at radius 1 is 1.38 bits per heavy atom. The number of aromatic carboxylic acids is 1.